The molecule has 0 aliphatic heterocycles. The minimum absolute atomic E-state index is 0.0354. The summed E-state index contributed by atoms with van der Waals surface area (Å²) in [6, 6.07) is 6.07. The molecule has 0 bridgehead atoms. The average Bonchev–Trinajstić information content (AvgIpc) is 2.46. The molecule has 1 atom stereocenters. The smallest absolute Gasteiger partial charge is 0.258 e. The highest BCUT2D eigenvalue weighted by Crippen LogP contribution is 2.29. The number of nitrogens with one attached hydrogen (secondary N) is 2. The molecule has 5 heteroatoms. The number of carbonyl (C=O) groups excluding carboxylic acids is 1. The van der Waals surface area contributed by atoms with Crippen LogP contribution in [-0.2, 0) is 11.3 Å². The van der Waals surface area contributed by atoms with Crippen LogP contribution < -0.4 is 15.4 Å². The first kappa shape index (κ1) is 18.0. The summed E-state index contributed by atoms with van der Waals surface area (Å²) in [6.07, 6.45) is 1.99. The molecule has 0 aliphatic carbocycles. The maximum absolute atomic E-state index is 11.8. The Hall–Kier alpha value is -1.07. The molecule has 2 N–H and O–H groups in total. The van der Waals surface area contributed by atoms with E-state index >= 15 is 0 Å². The van der Waals surface area contributed by atoms with E-state index < -0.39 is 0 Å². The van der Waals surface area contributed by atoms with Crippen LogP contribution in [0.1, 0.15) is 39.2 Å². The summed E-state index contributed by atoms with van der Waals surface area (Å²) < 4.78 is 6.58. The molecule has 1 unspecified atom stereocenters. The van der Waals surface area contributed by atoms with Crippen LogP contribution >= 0.6 is 15.9 Å². The maximum atomic E-state index is 11.8. The number of halogens is 1. The van der Waals surface area contributed by atoms with E-state index in [0.29, 0.717) is 0 Å². The maximum Gasteiger partial charge on any atom is 0.258 e. The Morgan fingerprint density at radius 2 is 2.14 bits per heavy atom. The standard InChI is InChI=1S/C16H25BrN2O2/c1-4-9-18-10-13-7-6-8-14(17)16(13)21-11-15(20)19-12(3)5-2/h6-8,12,18H,4-5,9-11H2,1-3H3,(H,19,20). The fourth-order valence-electron chi connectivity index (χ4n) is 1.81. The van der Waals surface area contributed by atoms with Gasteiger partial charge in [0.2, 0.25) is 0 Å². The van der Waals surface area contributed by atoms with Gasteiger partial charge in [-0.1, -0.05) is 26.0 Å². The summed E-state index contributed by atoms with van der Waals surface area (Å²) >= 11 is 3.49. The number of para-hydroxylation sites is 1. The average molecular weight is 357 g/mol. The van der Waals surface area contributed by atoms with Crippen molar-refractivity contribution in [1.29, 1.82) is 0 Å². The molecule has 0 spiro atoms. The van der Waals surface area contributed by atoms with E-state index in [1.54, 1.807) is 0 Å². The van der Waals surface area contributed by atoms with Crippen LogP contribution in [0.5, 0.6) is 5.75 Å². The second-order valence-electron chi connectivity index (χ2n) is 5.07. The van der Waals surface area contributed by atoms with Crippen molar-refractivity contribution < 1.29 is 9.53 Å². The van der Waals surface area contributed by atoms with Gasteiger partial charge < -0.3 is 15.4 Å². The SMILES string of the molecule is CCCNCc1cccc(Br)c1OCC(=O)NC(C)CC. The first-order valence-electron chi connectivity index (χ1n) is 7.48. The molecule has 0 saturated carbocycles. The molecule has 0 heterocycles. The number of hydrogen-bond donors (Lipinski definition) is 2. The van der Waals surface area contributed by atoms with Gasteiger partial charge in [0.15, 0.2) is 6.61 Å². The number of amides is 1. The number of rotatable bonds is 9. The third kappa shape index (κ3) is 6.48. The van der Waals surface area contributed by atoms with Crippen molar-refractivity contribution in [2.45, 2.75) is 46.2 Å². The van der Waals surface area contributed by atoms with Crippen LogP contribution in [0.3, 0.4) is 0 Å². The summed E-state index contributed by atoms with van der Waals surface area (Å²) in [7, 11) is 0. The minimum atomic E-state index is -0.0902. The monoisotopic (exact) mass is 356 g/mol. The predicted molar refractivity (Wildman–Crippen MR) is 89.5 cm³/mol. The van der Waals surface area contributed by atoms with Gasteiger partial charge >= 0.3 is 0 Å². The summed E-state index contributed by atoms with van der Waals surface area (Å²) in [5, 5.41) is 6.24. The van der Waals surface area contributed by atoms with Crippen LogP contribution in [0.2, 0.25) is 0 Å². The number of ether oxygens (including phenoxy) is 1. The molecule has 1 aromatic rings. The van der Waals surface area contributed by atoms with E-state index in [1.165, 1.54) is 0 Å². The van der Waals surface area contributed by atoms with Gasteiger partial charge in [-0.3, -0.25) is 4.79 Å². The third-order valence-electron chi connectivity index (χ3n) is 3.16. The fraction of sp³-hybridized carbons (Fsp3) is 0.562. The quantitative estimate of drug-likeness (QED) is 0.667. The molecule has 0 saturated heterocycles. The Labute approximate surface area is 135 Å². The van der Waals surface area contributed by atoms with Crippen molar-refractivity contribution >= 4 is 21.8 Å². The van der Waals surface area contributed by atoms with Gasteiger partial charge in [-0.05, 0) is 48.3 Å². The summed E-state index contributed by atoms with van der Waals surface area (Å²) in [6.45, 7) is 7.88. The lowest BCUT2D eigenvalue weighted by molar-refractivity contribution is -0.123. The molecule has 0 aliphatic rings. The van der Waals surface area contributed by atoms with Gasteiger partial charge in [-0.15, -0.1) is 0 Å². The molecule has 1 rings (SSSR count). The normalized spacial score (nSPS) is 12.0. The lowest BCUT2D eigenvalue weighted by atomic mass is 10.2. The van der Waals surface area contributed by atoms with Crippen molar-refractivity contribution in [2.75, 3.05) is 13.2 Å². The van der Waals surface area contributed by atoms with Crippen LogP contribution in [0.4, 0.5) is 0 Å². The molecule has 4 nitrogen and oxygen atoms in total. The van der Waals surface area contributed by atoms with E-state index in [1.807, 2.05) is 32.0 Å². The number of benzene rings is 1. The zero-order valence-corrected chi connectivity index (χ0v) is 14.6. The Morgan fingerprint density at radius 1 is 1.38 bits per heavy atom. The highest BCUT2D eigenvalue weighted by molar-refractivity contribution is 9.10. The lowest BCUT2D eigenvalue weighted by Crippen LogP contribution is -2.35. The van der Waals surface area contributed by atoms with Crippen molar-refractivity contribution in [3.05, 3.63) is 28.2 Å². The second-order valence-corrected chi connectivity index (χ2v) is 5.92. The van der Waals surface area contributed by atoms with Crippen LogP contribution in [0.15, 0.2) is 22.7 Å². The van der Waals surface area contributed by atoms with E-state index in [0.717, 1.165) is 41.7 Å². The molecule has 1 aromatic carbocycles. The third-order valence-corrected chi connectivity index (χ3v) is 3.78. The van der Waals surface area contributed by atoms with Crippen molar-refractivity contribution in [1.82, 2.24) is 10.6 Å². The summed E-state index contributed by atoms with van der Waals surface area (Å²) in [4.78, 5) is 11.8. The molecule has 0 fully saturated rings. The van der Waals surface area contributed by atoms with Gasteiger partial charge in [-0.25, -0.2) is 0 Å². The topological polar surface area (TPSA) is 50.4 Å². The lowest BCUT2D eigenvalue weighted by Gasteiger charge is -2.15. The highest BCUT2D eigenvalue weighted by Gasteiger charge is 2.11. The van der Waals surface area contributed by atoms with Gasteiger partial charge in [0.1, 0.15) is 5.75 Å². The first-order chi connectivity index (χ1) is 10.1. The number of hydrogen-bond acceptors (Lipinski definition) is 3. The molecular weight excluding hydrogens is 332 g/mol. The van der Waals surface area contributed by atoms with Crippen LogP contribution in [0.25, 0.3) is 0 Å². The van der Waals surface area contributed by atoms with Gasteiger partial charge in [0.05, 0.1) is 4.47 Å². The zero-order chi connectivity index (χ0) is 15.7. The summed E-state index contributed by atoms with van der Waals surface area (Å²) in [5.74, 6) is 0.646. The highest BCUT2D eigenvalue weighted by atomic mass is 79.9. The van der Waals surface area contributed by atoms with Crippen LogP contribution in [0, 0.1) is 0 Å². The Bertz CT molecular complexity index is 452. The van der Waals surface area contributed by atoms with Gasteiger partial charge in [0, 0.05) is 18.2 Å². The minimum Gasteiger partial charge on any atom is -0.482 e. The Balaban J connectivity index is 2.62. The summed E-state index contributed by atoms with van der Waals surface area (Å²) in [5.41, 5.74) is 1.05. The first-order valence-corrected chi connectivity index (χ1v) is 8.28. The molecule has 1 amide bonds. The van der Waals surface area contributed by atoms with Gasteiger partial charge in [-0.2, -0.15) is 0 Å². The number of carbonyl (C=O) groups is 1. The molecule has 118 valence electrons. The van der Waals surface area contributed by atoms with E-state index in [2.05, 4.69) is 33.5 Å². The van der Waals surface area contributed by atoms with Crippen LogP contribution in [-0.4, -0.2) is 25.1 Å². The Kier molecular flexibility index (Phi) is 8.38. The molecular formula is C16H25BrN2O2. The zero-order valence-electron chi connectivity index (χ0n) is 13.0. The molecule has 21 heavy (non-hydrogen) atoms. The largest absolute Gasteiger partial charge is 0.482 e. The molecule has 0 aromatic heterocycles. The Morgan fingerprint density at radius 3 is 2.81 bits per heavy atom. The van der Waals surface area contributed by atoms with E-state index in [9.17, 15) is 4.79 Å². The van der Waals surface area contributed by atoms with E-state index in [-0.39, 0.29) is 18.6 Å². The van der Waals surface area contributed by atoms with Crippen molar-refractivity contribution in [3.8, 4) is 5.75 Å². The fourth-order valence-corrected chi connectivity index (χ4v) is 2.33. The van der Waals surface area contributed by atoms with Crippen molar-refractivity contribution in [2.24, 2.45) is 0 Å². The van der Waals surface area contributed by atoms with E-state index in [4.69, 9.17) is 4.74 Å². The van der Waals surface area contributed by atoms with Gasteiger partial charge in [0.25, 0.3) is 5.91 Å². The second kappa shape index (κ2) is 9.79. The van der Waals surface area contributed by atoms with Crippen molar-refractivity contribution in [3.63, 3.8) is 0 Å². The predicted octanol–water partition coefficient (Wildman–Crippen LogP) is 3.24. The molecule has 0 radical (unpaired) electrons.